The van der Waals surface area contributed by atoms with Crippen molar-refractivity contribution in [3.8, 4) is 0 Å². The Balaban J connectivity index is 1.72. The molecule has 0 spiro atoms. The Bertz CT molecular complexity index is 924. The van der Waals surface area contributed by atoms with E-state index in [1.165, 1.54) is 12.3 Å². The molecule has 2 amide bonds. The predicted molar refractivity (Wildman–Crippen MR) is 94.1 cm³/mol. The third kappa shape index (κ3) is 3.26. The van der Waals surface area contributed by atoms with Gasteiger partial charge in [0.05, 0.1) is 11.1 Å². The molecule has 0 aliphatic carbocycles. The first kappa shape index (κ1) is 17.5. The van der Waals surface area contributed by atoms with Crippen LogP contribution < -0.4 is 16.4 Å². The van der Waals surface area contributed by atoms with Crippen molar-refractivity contribution in [2.75, 3.05) is 5.32 Å². The fraction of sp³-hybridized carbons (Fsp3) is 0.222. The summed E-state index contributed by atoms with van der Waals surface area (Å²) < 4.78 is 13.5. The summed E-state index contributed by atoms with van der Waals surface area (Å²) in [6.07, 6.45) is 2.65. The van der Waals surface area contributed by atoms with Crippen molar-refractivity contribution in [2.24, 2.45) is 5.73 Å². The number of halogens is 1. The number of aromatic nitrogens is 2. The number of nitrogens with one attached hydrogen (secondary N) is 2. The first-order valence-electron chi connectivity index (χ1n) is 7.97. The molecular formula is C18H18FN5O2. The predicted octanol–water partition coefficient (Wildman–Crippen LogP) is 1.46. The summed E-state index contributed by atoms with van der Waals surface area (Å²) >= 11 is 0. The van der Waals surface area contributed by atoms with Gasteiger partial charge in [-0.25, -0.2) is 14.4 Å². The highest BCUT2D eigenvalue weighted by atomic mass is 19.1. The van der Waals surface area contributed by atoms with Crippen molar-refractivity contribution in [1.29, 1.82) is 0 Å². The smallest absolute Gasteiger partial charge is 0.246 e. The third-order valence-electron chi connectivity index (χ3n) is 4.22. The standard InChI is InChI=1S/C18H18FN5O2/c1-18(2)11-9-22-16(23-15(11)24-17(18)26)13(20)7-14(25)21-8-10-5-3-4-6-12(10)19/h3-7,9H,8,20H2,1-2H3,(H,21,25)(H,22,23,24,26). The number of hydrogen-bond acceptors (Lipinski definition) is 5. The number of nitrogens with two attached hydrogens (primary N) is 1. The second kappa shape index (κ2) is 6.55. The highest BCUT2D eigenvalue weighted by Gasteiger charge is 2.39. The van der Waals surface area contributed by atoms with Gasteiger partial charge >= 0.3 is 0 Å². The lowest BCUT2D eigenvalue weighted by Crippen LogP contribution is -2.26. The summed E-state index contributed by atoms with van der Waals surface area (Å²) in [4.78, 5) is 32.3. The second-order valence-electron chi connectivity index (χ2n) is 6.44. The summed E-state index contributed by atoms with van der Waals surface area (Å²) in [7, 11) is 0. The second-order valence-corrected chi connectivity index (χ2v) is 6.44. The van der Waals surface area contributed by atoms with Gasteiger partial charge in [0.15, 0.2) is 5.82 Å². The van der Waals surface area contributed by atoms with Crippen molar-refractivity contribution in [3.63, 3.8) is 0 Å². The van der Waals surface area contributed by atoms with Gasteiger partial charge in [-0.2, -0.15) is 0 Å². The topological polar surface area (TPSA) is 110 Å². The normalized spacial score (nSPS) is 15.3. The highest BCUT2D eigenvalue weighted by molar-refractivity contribution is 6.04. The van der Waals surface area contributed by atoms with Crippen LogP contribution in [0.1, 0.15) is 30.8 Å². The number of anilines is 1. The zero-order chi connectivity index (χ0) is 18.9. The van der Waals surface area contributed by atoms with Gasteiger partial charge in [-0.15, -0.1) is 0 Å². The minimum Gasteiger partial charge on any atom is -0.396 e. The molecule has 0 fully saturated rings. The molecule has 2 heterocycles. The van der Waals surface area contributed by atoms with Gasteiger partial charge in [0.25, 0.3) is 0 Å². The van der Waals surface area contributed by atoms with E-state index in [4.69, 9.17) is 5.73 Å². The van der Waals surface area contributed by atoms with E-state index >= 15 is 0 Å². The summed E-state index contributed by atoms with van der Waals surface area (Å²) in [5.74, 6) is -0.565. The molecule has 134 valence electrons. The van der Waals surface area contributed by atoms with E-state index < -0.39 is 17.1 Å². The molecule has 8 heteroatoms. The number of nitrogens with zero attached hydrogens (tertiary/aromatic N) is 2. The van der Waals surface area contributed by atoms with E-state index in [0.717, 1.165) is 6.08 Å². The Morgan fingerprint density at radius 1 is 1.38 bits per heavy atom. The number of hydrogen-bond donors (Lipinski definition) is 3. The molecule has 26 heavy (non-hydrogen) atoms. The Morgan fingerprint density at radius 2 is 2.12 bits per heavy atom. The highest BCUT2D eigenvalue weighted by Crippen LogP contribution is 2.35. The summed E-state index contributed by atoms with van der Waals surface area (Å²) in [6.45, 7) is 3.57. The molecule has 2 aromatic rings. The van der Waals surface area contributed by atoms with E-state index in [9.17, 15) is 14.0 Å². The first-order chi connectivity index (χ1) is 12.3. The number of benzene rings is 1. The minimum atomic E-state index is -0.719. The maximum Gasteiger partial charge on any atom is 0.246 e. The molecule has 0 bridgehead atoms. The van der Waals surface area contributed by atoms with Gasteiger partial charge in [-0.05, 0) is 19.9 Å². The van der Waals surface area contributed by atoms with Gasteiger partial charge in [0.1, 0.15) is 11.6 Å². The number of carbonyl (C=O) groups excluding carboxylic acids is 2. The van der Waals surface area contributed by atoms with E-state index in [2.05, 4.69) is 20.6 Å². The number of amides is 2. The molecule has 1 aromatic heterocycles. The monoisotopic (exact) mass is 355 g/mol. The van der Waals surface area contributed by atoms with Crippen molar-refractivity contribution >= 4 is 23.3 Å². The molecule has 1 aliphatic heterocycles. The fourth-order valence-corrected chi connectivity index (χ4v) is 2.54. The average molecular weight is 355 g/mol. The van der Waals surface area contributed by atoms with Crippen LogP contribution in [0.4, 0.5) is 10.2 Å². The maximum atomic E-state index is 13.5. The quantitative estimate of drug-likeness (QED) is 0.719. The molecule has 0 atom stereocenters. The molecule has 0 unspecified atom stereocenters. The number of fused-ring (bicyclic) bond motifs is 1. The summed E-state index contributed by atoms with van der Waals surface area (Å²) in [6, 6.07) is 6.16. The fourth-order valence-electron chi connectivity index (χ4n) is 2.54. The minimum absolute atomic E-state index is 0.0323. The van der Waals surface area contributed by atoms with Crippen LogP contribution in [-0.4, -0.2) is 21.8 Å². The molecule has 1 aliphatic rings. The SMILES string of the molecule is CC1(C)C(=O)Nc2nc(C(N)=CC(=O)NCc3ccccc3F)ncc21. The summed E-state index contributed by atoms with van der Waals surface area (Å²) in [5, 5.41) is 5.23. The van der Waals surface area contributed by atoms with E-state index in [1.54, 1.807) is 32.0 Å². The van der Waals surface area contributed by atoms with Crippen LogP contribution in [0.25, 0.3) is 5.70 Å². The van der Waals surface area contributed by atoms with Crippen LogP contribution in [0.2, 0.25) is 0 Å². The van der Waals surface area contributed by atoms with Gasteiger partial charge in [0, 0.05) is 29.9 Å². The molecule has 0 radical (unpaired) electrons. The van der Waals surface area contributed by atoms with E-state index in [-0.39, 0.29) is 24.0 Å². The Hall–Kier alpha value is -3.29. The van der Waals surface area contributed by atoms with Crippen molar-refractivity contribution in [2.45, 2.75) is 25.8 Å². The van der Waals surface area contributed by atoms with Gasteiger partial charge < -0.3 is 16.4 Å². The van der Waals surface area contributed by atoms with Crippen LogP contribution in [-0.2, 0) is 21.5 Å². The lowest BCUT2D eigenvalue weighted by molar-refractivity contribution is -0.119. The largest absolute Gasteiger partial charge is 0.396 e. The van der Waals surface area contributed by atoms with Crippen LogP contribution in [0.15, 0.2) is 36.5 Å². The average Bonchev–Trinajstić information content (AvgIpc) is 2.83. The molecule has 3 rings (SSSR count). The van der Waals surface area contributed by atoms with Crippen LogP contribution in [0.5, 0.6) is 0 Å². The lowest BCUT2D eigenvalue weighted by atomic mass is 9.88. The summed E-state index contributed by atoms with van der Waals surface area (Å²) in [5.41, 5.74) is 6.24. The zero-order valence-corrected chi connectivity index (χ0v) is 14.3. The first-order valence-corrected chi connectivity index (χ1v) is 7.97. The molecule has 0 saturated carbocycles. The van der Waals surface area contributed by atoms with E-state index in [1.807, 2.05) is 0 Å². The van der Waals surface area contributed by atoms with E-state index in [0.29, 0.717) is 16.9 Å². The number of rotatable bonds is 4. The van der Waals surface area contributed by atoms with Gasteiger partial charge in [-0.3, -0.25) is 9.59 Å². The van der Waals surface area contributed by atoms with Crippen molar-refractivity contribution in [3.05, 3.63) is 59.3 Å². The van der Waals surface area contributed by atoms with Gasteiger partial charge in [0.2, 0.25) is 11.8 Å². The molecule has 4 N–H and O–H groups in total. The van der Waals surface area contributed by atoms with Crippen LogP contribution in [0.3, 0.4) is 0 Å². The Labute approximate surface area is 149 Å². The van der Waals surface area contributed by atoms with Crippen molar-refractivity contribution in [1.82, 2.24) is 15.3 Å². The van der Waals surface area contributed by atoms with Crippen LogP contribution >= 0.6 is 0 Å². The number of carbonyl (C=O) groups is 2. The molecule has 7 nitrogen and oxygen atoms in total. The van der Waals surface area contributed by atoms with Crippen LogP contribution in [0, 0.1) is 5.82 Å². The lowest BCUT2D eigenvalue weighted by Gasteiger charge is -2.13. The Kier molecular flexibility index (Phi) is 4.41. The molecule has 1 aromatic carbocycles. The molecular weight excluding hydrogens is 337 g/mol. The van der Waals surface area contributed by atoms with Crippen molar-refractivity contribution < 1.29 is 14.0 Å². The third-order valence-corrected chi connectivity index (χ3v) is 4.22. The Morgan fingerprint density at radius 3 is 2.85 bits per heavy atom. The zero-order valence-electron chi connectivity index (χ0n) is 14.3. The van der Waals surface area contributed by atoms with Gasteiger partial charge in [-0.1, -0.05) is 18.2 Å². The maximum absolute atomic E-state index is 13.5. The molecule has 0 saturated heterocycles.